The molecule has 6 nitrogen and oxygen atoms in total. The van der Waals surface area contributed by atoms with E-state index in [-0.39, 0.29) is 11.8 Å². The molecule has 0 aliphatic carbocycles. The number of carbonyl (C=O) groups is 2. The molecule has 2 aromatic carbocycles. The van der Waals surface area contributed by atoms with Gasteiger partial charge in [-0.15, -0.1) is 0 Å². The molecule has 168 valence electrons. The van der Waals surface area contributed by atoms with Gasteiger partial charge in [0.2, 0.25) is 11.8 Å². The van der Waals surface area contributed by atoms with E-state index in [0.717, 1.165) is 16.7 Å². The first-order valence-corrected chi connectivity index (χ1v) is 10.8. The lowest BCUT2D eigenvalue weighted by Crippen LogP contribution is -2.46. The first kappa shape index (κ1) is 24.3. The summed E-state index contributed by atoms with van der Waals surface area (Å²) < 4.78 is 11.3. The van der Waals surface area contributed by atoms with Crippen LogP contribution in [0.15, 0.2) is 42.5 Å². The Balaban J connectivity index is 2.15. The molecule has 1 N–H and O–H groups in total. The van der Waals surface area contributed by atoms with Crippen molar-refractivity contribution in [3.63, 3.8) is 0 Å². The monoisotopic (exact) mass is 426 g/mol. The number of benzene rings is 2. The second-order valence-electron chi connectivity index (χ2n) is 7.45. The Morgan fingerprint density at radius 1 is 1.00 bits per heavy atom. The number of ether oxygens (including phenoxy) is 2. The van der Waals surface area contributed by atoms with E-state index in [0.29, 0.717) is 44.1 Å². The van der Waals surface area contributed by atoms with Crippen LogP contribution in [0.3, 0.4) is 0 Å². The second kappa shape index (κ2) is 12.0. The number of carbonyl (C=O) groups excluding carboxylic acids is 2. The van der Waals surface area contributed by atoms with Crippen LogP contribution in [0.25, 0.3) is 0 Å². The van der Waals surface area contributed by atoms with Gasteiger partial charge < -0.3 is 19.7 Å². The minimum atomic E-state index is -0.558. The van der Waals surface area contributed by atoms with Crippen LogP contribution in [0.5, 0.6) is 11.5 Å². The van der Waals surface area contributed by atoms with Crippen molar-refractivity contribution in [2.75, 3.05) is 20.3 Å². The molecule has 2 amide bonds. The Bertz CT molecular complexity index is 882. The molecule has 0 saturated carbocycles. The summed E-state index contributed by atoms with van der Waals surface area (Å²) in [5.74, 6) is 1.14. The molecule has 2 aromatic rings. The van der Waals surface area contributed by atoms with Gasteiger partial charge in [0, 0.05) is 20.0 Å². The summed E-state index contributed by atoms with van der Waals surface area (Å²) in [7, 11) is 1.59. The Kier molecular flexibility index (Phi) is 9.38. The molecular formula is C25H34N2O4. The van der Waals surface area contributed by atoms with Crippen molar-refractivity contribution in [2.24, 2.45) is 0 Å². The summed E-state index contributed by atoms with van der Waals surface area (Å²) in [4.78, 5) is 27.1. The van der Waals surface area contributed by atoms with E-state index in [2.05, 4.69) is 5.32 Å². The van der Waals surface area contributed by atoms with Crippen molar-refractivity contribution in [2.45, 2.75) is 53.1 Å². The van der Waals surface area contributed by atoms with Crippen LogP contribution in [0.4, 0.5) is 0 Å². The van der Waals surface area contributed by atoms with Gasteiger partial charge in [-0.3, -0.25) is 9.59 Å². The molecule has 0 aliphatic heterocycles. The van der Waals surface area contributed by atoms with Crippen LogP contribution in [0, 0.1) is 6.92 Å². The molecule has 0 aliphatic rings. The summed E-state index contributed by atoms with van der Waals surface area (Å²) in [5, 5.41) is 2.65. The van der Waals surface area contributed by atoms with Crippen LogP contribution >= 0.6 is 0 Å². The van der Waals surface area contributed by atoms with Crippen LogP contribution in [0.1, 0.15) is 43.9 Å². The van der Waals surface area contributed by atoms with Crippen molar-refractivity contribution >= 4 is 11.8 Å². The first-order valence-electron chi connectivity index (χ1n) is 10.8. The van der Waals surface area contributed by atoms with Crippen molar-refractivity contribution < 1.29 is 19.1 Å². The minimum absolute atomic E-state index is 0.0653. The van der Waals surface area contributed by atoms with Gasteiger partial charge >= 0.3 is 0 Å². The fourth-order valence-electron chi connectivity index (χ4n) is 3.44. The topological polar surface area (TPSA) is 67.9 Å². The third-order valence-electron chi connectivity index (χ3n) is 5.08. The first-order chi connectivity index (χ1) is 14.9. The maximum Gasteiger partial charge on any atom is 0.242 e. The third-order valence-corrected chi connectivity index (χ3v) is 5.08. The van der Waals surface area contributed by atoms with Gasteiger partial charge in [0.25, 0.3) is 0 Å². The van der Waals surface area contributed by atoms with Crippen molar-refractivity contribution in [1.82, 2.24) is 10.2 Å². The Morgan fingerprint density at radius 2 is 1.71 bits per heavy atom. The average molecular weight is 427 g/mol. The van der Waals surface area contributed by atoms with E-state index >= 15 is 0 Å². The molecular weight excluding hydrogens is 392 g/mol. The summed E-state index contributed by atoms with van der Waals surface area (Å²) in [5.41, 5.74) is 3.11. The molecule has 1 atom stereocenters. The highest BCUT2D eigenvalue weighted by Gasteiger charge is 2.25. The molecule has 2 rings (SSSR count). The fraction of sp³-hybridized carbons (Fsp3) is 0.440. The molecule has 6 heteroatoms. The lowest BCUT2D eigenvalue weighted by molar-refractivity contribution is -0.140. The molecule has 0 bridgehead atoms. The standard InChI is InChI=1S/C25H34N2O4/c1-6-30-22-13-11-20(16-23(22)31-7-2)12-14-24(28)27(19(4)25(29)26-5)17-21-10-8-9-18(3)15-21/h8-11,13,15-16,19H,6-7,12,14,17H2,1-5H3,(H,26,29)/t19-/m0/s1. The normalized spacial score (nSPS) is 11.5. The SMILES string of the molecule is CCOc1ccc(CCC(=O)N(Cc2cccc(C)c2)[C@@H](C)C(=O)NC)cc1OCC. The van der Waals surface area contributed by atoms with E-state index in [1.165, 1.54) is 0 Å². The maximum atomic E-state index is 13.1. The number of amides is 2. The van der Waals surface area contributed by atoms with Crippen LogP contribution in [-0.2, 0) is 22.6 Å². The van der Waals surface area contributed by atoms with Gasteiger partial charge in [0.1, 0.15) is 6.04 Å². The molecule has 0 fully saturated rings. The number of hydrogen-bond acceptors (Lipinski definition) is 4. The zero-order valence-corrected chi connectivity index (χ0v) is 19.2. The van der Waals surface area contributed by atoms with E-state index < -0.39 is 6.04 Å². The molecule has 31 heavy (non-hydrogen) atoms. The Morgan fingerprint density at radius 3 is 2.35 bits per heavy atom. The van der Waals surface area contributed by atoms with Gasteiger partial charge in [-0.2, -0.15) is 0 Å². The highest BCUT2D eigenvalue weighted by molar-refractivity contribution is 5.87. The Hall–Kier alpha value is -3.02. The van der Waals surface area contributed by atoms with E-state index in [1.54, 1.807) is 18.9 Å². The van der Waals surface area contributed by atoms with E-state index in [9.17, 15) is 9.59 Å². The molecule has 0 saturated heterocycles. The molecule has 0 aromatic heterocycles. The number of nitrogens with zero attached hydrogens (tertiary/aromatic N) is 1. The molecule has 0 radical (unpaired) electrons. The summed E-state index contributed by atoms with van der Waals surface area (Å²) >= 11 is 0. The number of nitrogens with one attached hydrogen (secondary N) is 1. The molecule has 0 heterocycles. The molecule has 0 unspecified atom stereocenters. The fourth-order valence-corrected chi connectivity index (χ4v) is 3.44. The quantitative estimate of drug-likeness (QED) is 0.592. The van der Waals surface area contributed by atoms with Crippen LogP contribution in [0.2, 0.25) is 0 Å². The number of aryl methyl sites for hydroxylation is 2. The van der Waals surface area contributed by atoms with E-state index in [1.807, 2.05) is 63.2 Å². The lowest BCUT2D eigenvalue weighted by Gasteiger charge is -2.28. The third kappa shape index (κ3) is 7.02. The summed E-state index contributed by atoms with van der Waals surface area (Å²) in [6, 6.07) is 13.2. The smallest absolute Gasteiger partial charge is 0.242 e. The van der Waals surface area contributed by atoms with Crippen LogP contribution < -0.4 is 14.8 Å². The lowest BCUT2D eigenvalue weighted by atomic mass is 10.1. The Labute approximate surface area is 185 Å². The minimum Gasteiger partial charge on any atom is -0.490 e. The predicted molar refractivity (Wildman–Crippen MR) is 122 cm³/mol. The zero-order chi connectivity index (χ0) is 22.8. The van der Waals surface area contributed by atoms with Gasteiger partial charge in [-0.25, -0.2) is 0 Å². The molecule has 0 spiro atoms. The van der Waals surface area contributed by atoms with Crippen molar-refractivity contribution in [3.8, 4) is 11.5 Å². The highest BCUT2D eigenvalue weighted by atomic mass is 16.5. The number of likely N-dealkylation sites (N-methyl/N-ethyl adjacent to an activating group) is 1. The van der Waals surface area contributed by atoms with Crippen molar-refractivity contribution in [1.29, 1.82) is 0 Å². The van der Waals surface area contributed by atoms with Crippen LogP contribution in [-0.4, -0.2) is 43.0 Å². The van der Waals surface area contributed by atoms with Crippen molar-refractivity contribution in [3.05, 3.63) is 59.2 Å². The maximum absolute atomic E-state index is 13.1. The van der Waals surface area contributed by atoms with Gasteiger partial charge in [-0.1, -0.05) is 35.9 Å². The predicted octanol–water partition coefficient (Wildman–Crippen LogP) is 3.89. The summed E-state index contributed by atoms with van der Waals surface area (Å²) in [6.45, 7) is 9.12. The number of rotatable bonds is 11. The van der Waals surface area contributed by atoms with E-state index in [4.69, 9.17) is 9.47 Å². The van der Waals surface area contributed by atoms with Gasteiger partial charge in [0.05, 0.1) is 13.2 Å². The van der Waals surface area contributed by atoms with Gasteiger partial charge in [-0.05, 0) is 57.4 Å². The number of hydrogen-bond donors (Lipinski definition) is 1. The second-order valence-corrected chi connectivity index (χ2v) is 7.45. The largest absolute Gasteiger partial charge is 0.490 e. The van der Waals surface area contributed by atoms with Gasteiger partial charge in [0.15, 0.2) is 11.5 Å². The summed E-state index contributed by atoms with van der Waals surface area (Å²) in [6.07, 6.45) is 0.850. The highest BCUT2D eigenvalue weighted by Crippen LogP contribution is 2.29. The average Bonchev–Trinajstić information content (AvgIpc) is 2.76. The zero-order valence-electron chi connectivity index (χ0n) is 19.2.